The number of fused-ring (bicyclic) bond motifs is 1. The number of benzene rings is 1. The minimum atomic E-state index is -0.440. The summed E-state index contributed by atoms with van der Waals surface area (Å²) in [6, 6.07) is 5.25. The van der Waals surface area contributed by atoms with Crippen LogP contribution >= 0.6 is 12.4 Å². The van der Waals surface area contributed by atoms with Gasteiger partial charge in [-0.15, -0.1) is 12.4 Å². The number of rotatable bonds is 3. The number of hydrogen-bond donors (Lipinski definition) is 1. The van der Waals surface area contributed by atoms with Gasteiger partial charge in [0, 0.05) is 25.1 Å². The highest BCUT2D eigenvalue weighted by molar-refractivity contribution is 6.07. The Morgan fingerprint density at radius 2 is 2.05 bits per heavy atom. The molecule has 2 aliphatic rings. The Hall–Kier alpha value is -1.72. The molecule has 1 unspecified atom stereocenters. The number of hydrogen-bond acceptors (Lipinski definition) is 4. The van der Waals surface area contributed by atoms with E-state index in [0.29, 0.717) is 31.5 Å². The van der Waals surface area contributed by atoms with Crippen molar-refractivity contribution in [3.8, 4) is 0 Å². The molecule has 5 nitrogen and oxygen atoms in total. The van der Waals surface area contributed by atoms with Crippen molar-refractivity contribution in [2.45, 2.75) is 38.4 Å². The van der Waals surface area contributed by atoms with Crippen LogP contribution in [-0.4, -0.2) is 35.5 Å². The Morgan fingerprint density at radius 1 is 1.27 bits per heavy atom. The number of Topliss-reactive ketones (excluding diaryl/α,β-unsaturated/α-hetero) is 2. The summed E-state index contributed by atoms with van der Waals surface area (Å²) >= 11 is 0. The zero-order valence-electron chi connectivity index (χ0n) is 12.4. The fourth-order valence-electron chi connectivity index (χ4n) is 3.22. The number of amides is 1. The lowest BCUT2D eigenvalue weighted by Gasteiger charge is -2.29. The van der Waals surface area contributed by atoms with Crippen LogP contribution in [0.4, 0.5) is 0 Å². The quantitative estimate of drug-likeness (QED) is 0.856. The fourth-order valence-corrected chi connectivity index (χ4v) is 3.22. The van der Waals surface area contributed by atoms with Crippen LogP contribution in [0.25, 0.3) is 0 Å². The van der Waals surface area contributed by atoms with E-state index in [2.05, 4.69) is 5.32 Å². The summed E-state index contributed by atoms with van der Waals surface area (Å²) in [4.78, 5) is 37.6. The Labute approximate surface area is 135 Å². The minimum absolute atomic E-state index is 0. The molecule has 1 saturated carbocycles. The Balaban J connectivity index is 0.00000176. The summed E-state index contributed by atoms with van der Waals surface area (Å²) in [5.41, 5.74) is 2.78. The third-order valence-electron chi connectivity index (χ3n) is 4.28. The van der Waals surface area contributed by atoms with Crippen LogP contribution in [-0.2, 0) is 22.7 Å². The molecule has 6 heteroatoms. The Bertz CT molecular complexity index is 630. The number of nitrogens with zero attached hydrogens (tertiary/aromatic N) is 1. The fraction of sp³-hybridized carbons (Fsp3) is 0.438. The molecular weight excluding hydrogens is 304 g/mol. The van der Waals surface area contributed by atoms with Gasteiger partial charge in [-0.3, -0.25) is 14.4 Å². The van der Waals surface area contributed by atoms with Crippen molar-refractivity contribution < 1.29 is 14.4 Å². The first-order valence-electron chi connectivity index (χ1n) is 7.22. The maximum absolute atomic E-state index is 12.5. The van der Waals surface area contributed by atoms with Crippen LogP contribution in [0.2, 0.25) is 0 Å². The highest BCUT2D eigenvalue weighted by Crippen LogP contribution is 2.30. The van der Waals surface area contributed by atoms with Crippen molar-refractivity contribution in [2.24, 2.45) is 0 Å². The number of carbonyl (C=O) groups excluding carboxylic acids is 3. The van der Waals surface area contributed by atoms with Gasteiger partial charge >= 0.3 is 0 Å². The Morgan fingerprint density at radius 3 is 2.73 bits per heavy atom. The molecule has 1 aliphatic carbocycles. The molecule has 1 amide bonds. The second kappa shape index (κ2) is 6.58. The van der Waals surface area contributed by atoms with E-state index >= 15 is 0 Å². The zero-order valence-corrected chi connectivity index (χ0v) is 13.2. The molecule has 0 bridgehead atoms. The van der Waals surface area contributed by atoms with Gasteiger partial charge in [-0.05, 0) is 30.7 Å². The number of halogens is 1. The average Bonchev–Trinajstić information content (AvgIpc) is 2.78. The first-order chi connectivity index (χ1) is 10.1. The minimum Gasteiger partial charge on any atom is -0.324 e. The van der Waals surface area contributed by atoms with Gasteiger partial charge in [-0.1, -0.05) is 12.1 Å². The third-order valence-corrected chi connectivity index (χ3v) is 4.28. The van der Waals surface area contributed by atoms with Gasteiger partial charge in [0.15, 0.2) is 5.78 Å². The molecule has 1 fully saturated rings. The van der Waals surface area contributed by atoms with Crippen molar-refractivity contribution in [3.63, 3.8) is 0 Å². The highest BCUT2D eigenvalue weighted by atomic mass is 35.5. The van der Waals surface area contributed by atoms with Crippen LogP contribution in [0.5, 0.6) is 0 Å². The molecule has 1 heterocycles. The molecule has 1 aromatic carbocycles. The molecule has 0 radical (unpaired) electrons. The molecule has 0 saturated heterocycles. The van der Waals surface area contributed by atoms with Crippen molar-refractivity contribution in [3.05, 3.63) is 34.9 Å². The van der Waals surface area contributed by atoms with E-state index in [-0.39, 0.29) is 36.3 Å². The van der Waals surface area contributed by atoms with Gasteiger partial charge in [0.25, 0.3) is 5.91 Å². The van der Waals surface area contributed by atoms with Gasteiger partial charge in [0.05, 0.1) is 12.5 Å². The maximum Gasteiger partial charge on any atom is 0.255 e. The molecule has 1 aromatic rings. The predicted octanol–water partition coefficient (Wildman–Crippen LogP) is 1.47. The monoisotopic (exact) mass is 322 g/mol. The third kappa shape index (κ3) is 2.78. The maximum atomic E-state index is 12.5. The van der Waals surface area contributed by atoms with Gasteiger partial charge in [0.2, 0.25) is 0 Å². The summed E-state index contributed by atoms with van der Waals surface area (Å²) in [6.07, 6.45) is 0.812. The first-order valence-corrected chi connectivity index (χ1v) is 7.22. The number of ketones is 2. The van der Waals surface area contributed by atoms with E-state index < -0.39 is 6.04 Å². The highest BCUT2D eigenvalue weighted by Gasteiger charge is 2.39. The van der Waals surface area contributed by atoms with E-state index in [1.165, 1.54) is 0 Å². The molecule has 118 valence electrons. The van der Waals surface area contributed by atoms with Gasteiger partial charge in [-0.25, -0.2) is 0 Å². The van der Waals surface area contributed by atoms with Crippen molar-refractivity contribution in [1.82, 2.24) is 10.2 Å². The topological polar surface area (TPSA) is 66.5 Å². The summed E-state index contributed by atoms with van der Waals surface area (Å²) in [6.45, 7) is 1.16. The lowest BCUT2D eigenvalue weighted by atomic mass is 9.92. The van der Waals surface area contributed by atoms with Crippen molar-refractivity contribution in [1.29, 1.82) is 0 Å². The molecular formula is C16H19ClN2O3. The van der Waals surface area contributed by atoms with Crippen LogP contribution in [0, 0.1) is 0 Å². The molecule has 22 heavy (non-hydrogen) atoms. The summed E-state index contributed by atoms with van der Waals surface area (Å²) < 4.78 is 0. The average molecular weight is 323 g/mol. The lowest BCUT2D eigenvalue weighted by molar-refractivity contribution is -0.133. The largest absolute Gasteiger partial charge is 0.324 e. The summed E-state index contributed by atoms with van der Waals surface area (Å²) in [5.74, 6) is -0.227. The van der Waals surface area contributed by atoms with E-state index in [4.69, 9.17) is 0 Å². The smallest absolute Gasteiger partial charge is 0.255 e. The van der Waals surface area contributed by atoms with E-state index in [9.17, 15) is 14.4 Å². The SMILES string of the molecule is CNCc1cccc2c1CN(C1CCC(=O)CC1=O)C2=O.Cl. The van der Waals surface area contributed by atoms with Crippen molar-refractivity contribution >= 4 is 29.9 Å². The van der Waals surface area contributed by atoms with Crippen LogP contribution < -0.4 is 5.32 Å². The standard InChI is InChI=1S/C16H18N2O3.ClH/c1-17-8-10-3-2-4-12-13(10)9-18(16(12)21)14-6-5-11(19)7-15(14)20;/h2-4,14,17H,5-9H2,1H3;1H. The van der Waals surface area contributed by atoms with E-state index in [1.807, 2.05) is 25.2 Å². The van der Waals surface area contributed by atoms with E-state index in [0.717, 1.165) is 11.1 Å². The molecule has 1 N–H and O–H groups in total. The molecule has 0 aromatic heterocycles. The van der Waals surface area contributed by atoms with E-state index in [1.54, 1.807) is 4.90 Å². The lowest BCUT2D eigenvalue weighted by Crippen LogP contribution is -2.44. The van der Waals surface area contributed by atoms with Crippen LogP contribution in [0.15, 0.2) is 18.2 Å². The second-order valence-corrected chi connectivity index (χ2v) is 5.64. The molecule has 3 rings (SSSR count). The second-order valence-electron chi connectivity index (χ2n) is 5.64. The predicted molar refractivity (Wildman–Crippen MR) is 84.0 cm³/mol. The molecule has 0 spiro atoms. The molecule has 1 atom stereocenters. The Kier molecular flexibility index (Phi) is 4.98. The van der Waals surface area contributed by atoms with Gasteiger partial charge in [-0.2, -0.15) is 0 Å². The molecule has 1 aliphatic heterocycles. The van der Waals surface area contributed by atoms with Gasteiger partial charge < -0.3 is 10.2 Å². The van der Waals surface area contributed by atoms with Gasteiger partial charge in [0.1, 0.15) is 5.78 Å². The van der Waals surface area contributed by atoms with Crippen molar-refractivity contribution in [2.75, 3.05) is 7.05 Å². The van der Waals surface area contributed by atoms with Crippen LogP contribution in [0.1, 0.15) is 40.7 Å². The zero-order chi connectivity index (χ0) is 15.0. The summed E-state index contributed by atoms with van der Waals surface area (Å²) in [5, 5.41) is 3.10. The normalized spacial score (nSPS) is 20.9. The number of carbonyl (C=O) groups is 3. The number of nitrogens with one attached hydrogen (secondary N) is 1. The van der Waals surface area contributed by atoms with Crippen LogP contribution in [0.3, 0.4) is 0 Å². The first kappa shape index (κ1) is 16.6. The summed E-state index contributed by atoms with van der Waals surface area (Å²) in [7, 11) is 1.87.